The first-order chi connectivity index (χ1) is 12.6. The van der Waals surface area contributed by atoms with Gasteiger partial charge in [0, 0.05) is 31.5 Å². The van der Waals surface area contributed by atoms with Crippen molar-refractivity contribution in [3.8, 4) is 0 Å². The molecule has 26 heavy (non-hydrogen) atoms. The third-order valence-electron chi connectivity index (χ3n) is 5.75. The number of nitrogens with zero attached hydrogens (tertiary/aromatic N) is 2. The maximum absolute atomic E-state index is 12.6. The number of likely N-dealkylation sites (tertiary alicyclic amines) is 1. The Labute approximate surface area is 161 Å². The van der Waals surface area contributed by atoms with Crippen LogP contribution in [0, 0.1) is 5.41 Å². The lowest BCUT2D eigenvalue weighted by molar-refractivity contribution is -0.209. The van der Waals surface area contributed by atoms with Crippen molar-refractivity contribution in [2.45, 2.75) is 42.7 Å². The van der Waals surface area contributed by atoms with Gasteiger partial charge in [0.05, 0.1) is 28.2 Å². The van der Waals surface area contributed by atoms with Crippen molar-refractivity contribution in [1.82, 2.24) is 9.88 Å². The highest BCUT2D eigenvalue weighted by Crippen LogP contribution is 2.51. The van der Waals surface area contributed by atoms with E-state index >= 15 is 0 Å². The fourth-order valence-corrected chi connectivity index (χ4v) is 6.09. The van der Waals surface area contributed by atoms with Crippen LogP contribution in [0.3, 0.4) is 0 Å². The molecule has 0 radical (unpaired) electrons. The number of piperidine rings is 1. The fourth-order valence-electron chi connectivity index (χ4n) is 4.12. The second-order valence-electron chi connectivity index (χ2n) is 7.05. The first-order valence-electron chi connectivity index (χ1n) is 9.18. The summed E-state index contributed by atoms with van der Waals surface area (Å²) in [6.45, 7) is 4.09. The number of fused-ring (bicyclic) bond motifs is 1. The Hall–Kier alpha value is -1.15. The average Bonchev–Trinajstić information content (AvgIpc) is 3.09. The molecule has 1 aliphatic heterocycles. The molecule has 1 aromatic heterocycles. The number of carbonyl (C=O) groups is 1. The Kier molecular flexibility index (Phi) is 5.23. The molecular weight excluding hydrogens is 368 g/mol. The number of aliphatic hydroxyl groups is 1. The van der Waals surface area contributed by atoms with E-state index in [-0.39, 0.29) is 23.5 Å². The molecule has 140 valence electrons. The summed E-state index contributed by atoms with van der Waals surface area (Å²) in [5.41, 5.74) is 0.862. The number of aliphatic hydroxyl groups excluding tert-OH is 1. The zero-order chi connectivity index (χ0) is 18.1. The number of para-hydroxylation sites is 1. The largest absolute Gasteiger partial charge is 0.392 e. The first kappa shape index (κ1) is 18.2. The van der Waals surface area contributed by atoms with Crippen LogP contribution in [-0.2, 0) is 9.53 Å². The summed E-state index contributed by atoms with van der Waals surface area (Å²) >= 11 is 3.15. The van der Waals surface area contributed by atoms with Crippen molar-refractivity contribution < 1.29 is 14.6 Å². The molecule has 1 aliphatic carbocycles. The number of rotatable bonds is 5. The number of aromatic nitrogens is 1. The molecule has 1 amide bonds. The lowest BCUT2D eigenvalue weighted by Crippen LogP contribution is -2.62. The lowest BCUT2D eigenvalue weighted by Gasteiger charge is -2.56. The monoisotopic (exact) mass is 392 g/mol. The summed E-state index contributed by atoms with van der Waals surface area (Å²) in [4.78, 5) is 19.1. The molecule has 0 unspecified atom stereocenters. The van der Waals surface area contributed by atoms with Gasteiger partial charge in [0.1, 0.15) is 0 Å². The summed E-state index contributed by atoms with van der Waals surface area (Å²) in [6.07, 6.45) is 2.26. The Morgan fingerprint density at radius 2 is 2.19 bits per heavy atom. The molecule has 1 saturated carbocycles. The van der Waals surface area contributed by atoms with Gasteiger partial charge in [-0.15, -0.1) is 11.3 Å². The van der Waals surface area contributed by atoms with Gasteiger partial charge in [0.15, 0.2) is 4.34 Å². The second kappa shape index (κ2) is 7.46. The van der Waals surface area contributed by atoms with Crippen LogP contribution in [0.25, 0.3) is 10.2 Å². The molecule has 5 nitrogen and oxygen atoms in total. The molecule has 1 spiro atoms. The zero-order valence-corrected chi connectivity index (χ0v) is 16.5. The molecule has 2 heterocycles. The van der Waals surface area contributed by atoms with Crippen molar-refractivity contribution in [2.24, 2.45) is 5.41 Å². The summed E-state index contributed by atoms with van der Waals surface area (Å²) in [5.74, 6) is 0.579. The van der Waals surface area contributed by atoms with Gasteiger partial charge in [-0.05, 0) is 31.9 Å². The Balaban J connectivity index is 1.31. The maximum atomic E-state index is 12.6. The van der Waals surface area contributed by atoms with Gasteiger partial charge in [0.2, 0.25) is 5.91 Å². The molecule has 4 rings (SSSR count). The highest BCUT2D eigenvalue weighted by Gasteiger charge is 2.56. The van der Waals surface area contributed by atoms with Gasteiger partial charge in [-0.25, -0.2) is 4.98 Å². The minimum atomic E-state index is -0.284. The van der Waals surface area contributed by atoms with Crippen LogP contribution in [0.15, 0.2) is 28.6 Å². The summed E-state index contributed by atoms with van der Waals surface area (Å²) in [7, 11) is 0. The average molecular weight is 393 g/mol. The summed E-state index contributed by atoms with van der Waals surface area (Å²) in [6, 6.07) is 8.05. The number of thiazole rings is 1. The Bertz CT molecular complexity index is 751. The lowest BCUT2D eigenvalue weighted by atomic mass is 9.58. The third kappa shape index (κ3) is 3.26. The van der Waals surface area contributed by atoms with E-state index in [0.29, 0.717) is 25.4 Å². The molecule has 2 aliphatic rings. The normalized spacial score (nSPS) is 24.8. The van der Waals surface area contributed by atoms with E-state index < -0.39 is 0 Å². The van der Waals surface area contributed by atoms with E-state index in [2.05, 4.69) is 11.1 Å². The number of ether oxygens (including phenoxy) is 1. The highest BCUT2D eigenvalue weighted by molar-refractivity contribution is 8.01. The molecular formula is C19H24N2O3S2. The molecule has 2 aromatic rings. The number of hydrogen-bond acceptors (Lipinski definition) is 6. The van der Waals surface area contributed by atoms with E-state index in [4.69, 9.17) is 4.74 Å². The van der Waals surface area contributed by atoms with Crippen LogP contribution in [-0.4, -0.2) is 58.6 Å². The predicted molar refractivity (Wildman–Crippen MR) is 105 cm³/mol. The van der Waals surface area contributed by atoms with E-state index in [9.17, 15) is 9.90 Å². The molecule has 7 heteroatoms. The van der Waals surface area contributed by atoms with Gasteiger partial charge < -0.3 is 14.7 Å². The van der Waals surface area contributed by atoms with Crippen LogP contribution >= 0.6 is 23.1 Å². The number of thioether (sulfide) groups is 1. The van der Waals surface area contributed by atoms with E-state index in [1.165, 1.54) is 11.8 Å². The standard InChI is InChI=1S/C19H24N2O3S2/c1-2-24-16-11-15(22)19(16)7-9-21(10-8-19)17(23)12-25-18-20-13-5-3-4-6-14(13)26-18/h3-6,15-16,22H,2,7-12H2,1H3/t15-,16-/m0/s1. The van der Waals surface area contributed by atoms with Crippen LogP contribution < -0.4 is 0 Å². The van der Waals surface area contributed by atoms with Gasteiger partial charge >= 0.3 is 0 Å². The quantitative estimate of drug-likeness (QED) is 0.792. The Morgan fingerprint density at radius 3 is 2.88 bits per heavy atom. The van der Waals surface area contributed by atoms with Crippen molar-refractivity contribution in [3.05, 3.63) is 24.3 Å². The minimum Gasteiger partial charge on any atom is -0.392 e. The Morgan fingerprint density at radius 1 is 1.42 bits per heavy atom. The number of amides is 1. The second-order valence-corrected chi connectivity index (χ2v) is 9.30. The smallest absolute Gasteiger partial charge is 0.233 e. The first-order valence-corrected chi connectivity index (χ1v) is 11.0. The van der Waals surface area contributed by atoms with Gasteiger partial charge in [-0.1, -0.05) is 23.9 Å². The summed E-state index contributed by atoms with van der Waals surface area (Å²) in [5, 5.41) is 10.3. The SMILES string of the molecule is CCO[C@H]1C[C@H](O)C12CCN(C(=O)CSc1nc3ccccc3s1)CC2. The van der Waals surface area contributed by atoms with E-state index in [0.717, 1.165) is 33.8 Å². The number of carbonyl (C=O) groups excluding carboxylic acids is 1. The molecule has 0 bridgehead atoms. The van der Waals surface area contributed by atoms with Crippen molar-refractivity contribution in [3.63, 3.8) is 0 Å². The molecule has 1 aromatic carbocycles. The highest BCUT2D eigenvalue weighted by atomic mass is 32.2. The van der Waals surface area contributed by atoms with Crippen LogP contribution in [0.1, 0.15) is 26.2 Å². The fraction of sp³-hybridized carbons (Fsp3) is 0.579. The molecule has 1 N–H and O–H groups in total. The van der Waals surface area contributed by atoms with Crippen LogP contribution in [0.5, 0.6) is 0 Å². The van der Waals surface area contributed by atoms with Crippen molar-refractivity contribution in [2.75, 3.05) is 25.4 Å². The predicted octanol–water partition coefficient (Wildman–Crippen LogP) is 3.17. The molecule has 2 atom stereocenters. The zero-order valence-electron chi connectivity index (χ0n) is 14.9. The van der Waals surface area contributed by atoms with Crippen LogP contribution in [0.2, 0.25) is 0 Å². The van der Waals surface area contributed by atoms with Gasteiger partial charge in [-0.2, -0.15) is 0 Å². The van der Waals surface area contributed by atoms with Gasteiger partial charge in [0.25, 0.3) is 0 Å². The minimum absolute atomic E-state index is 0.132. The number of hydrogen-bond donors (Lipinski definition) is 1. The maximum Gasteiger partial charge on any atom is 0.233 e. The van der Waals surface area contributed by atoms with E-state index in [1.807, 2.05) is 30.0 Å². The van der Waals surface area contributed by atoms with Gasteiger partial charge in [-0.3, -0.25) is 4.79 Å². The van der Waals surface area contributed by atoms with Crippen LogP contribution in [0.4, 0.5) is 0 Å². The van der Waals surface area contributed by atoms with Crippen molar-refractivity contribution >= 4 is 39.2 Å². The van der Waals surface area contributed by atoms with E-state index in [1.54, 1.807) is 11.3 Å². The van der Waals surface area contributed by atoms with Crippen molar-refractivity contribution in [1.29, 1.82) is 0 Å². The molecule has 2 fully saturated rings. The third-order valence-corrected chi connectivity index (χ3v) is 7.91. The number of benzene rings is 1. The topological polar surface area (TPSA) is 62.7 Å². The molecule has 1 saturated heterocycles. The summed E-state index contributed by atoms with van der Waals surface area (Å²) < 4.78 is 7.90.